The van der Waals surface area contributed by atoms with Crippen LogP contribution in [0.1, 0.15) is 29.5 Å². The smallest absolute Gasteiger partial charge is 0.240 e. The molecule has 0 spiro atoms. The molecule has 1 unspecified atom stereocenters. The fourth-order valence-corrected chi connectivity index (χ4v) is 4.11. The molecule has 0 amide bonds. The number of ether oxygens (including phenoxy) is 1. The standard InChI is InChI=1S/C14H15N3O2S2/c1-9(13-16-12(7-18-2)17-19-13)21-14-15-11-6-4-3-5-10(11)8-20-14/h3-6,9H,7-8H2,1-2H3. The van der Waals surface area contributed by atoms with E-state index >= 15 is 0 Å². The van der Waals surface area contributed by atoms with E-state index in [1.165, 1.54) is 5.56 Å². The summed E-state index contributed by atoms with van der Waals surface area (Å²) in [4.78, 5) is 9.00. The van der Waals surface area contributed by atoms with Crippen LogP contribution in [-0.4, -0.2) is 21.6 Å². The van der Waals surface area contributed by atoms with Crippen molar-refractivity contribution in [3.63, 3.8) is 0 Å². The summed E-state index contributed by atoms with van der Waals surface area (Å²) in [6.07, 6.45) is 0. The van der Waals surface area contributed by atoms with Crippen molar-refractivity contribution >= 4 is 33.6 Å². The van der Waals surface area contributed by atoms with Gasteiger partial charge in [-0.2, -0.15) is 4.98 Å². The summed E-state index contributed by atoms with van der Waals surface area (Å²) in [6, 6.07) is 8.22. The molecule has 1 atom stereocenters. The van der Waals surface area contributed by atoms with Gasteiger partial charge >= 0.3 is 0 Å². The molecule has 0 fully saturated rings. The minimum absolute atomic E-state index is 0.0691. The van der Waals surface area contributed by atoms with Crippen molar-refractivity contribution < 1.29 is 9.26 Å². The molecule has 1 aromatic carbocycles. The maximum Gasteiger partial charge on any atom is 0.240 e. The number of hydrogen-bond acceptors (Lipinski definition) is 7. The first-order valence-corrected chi connectivity index (χ1v) is 8.40. The lowest BCUT2D eigenvalue weighted by atomic mass is 10.2. The van der Waals surface area contributed by atoms with Gasteiger partial charge in [0.05, 0.1) is 10.9 Å². The number of fused-ring (bicyclic) bond motifs is 1. The lowest BCUT2D eigenvalue weighted by Gasteiger charge is -2.15. The van der Waals surface area contributed by atoms with Gasteiger partial charge < -0.3 is 9.26 Å². The van der Waals surface area contributed by atoms with Crippen molar-refractivity contribution in [2.24, 2.45) is 4.99 Å². The molecule has 7 heteroatoms. The van der Waals surface area contributed by atoms with Crippen LogP contribution in [0.2, 0.25) is 0 Å². The van der Waals surface area contributed by atoms with Crippen molar-refractivity contribution in [2.75, 3.05) is 7.11 Å². The maximum atomic E-state index is 5.26. The molecule has 1 aliphatic heterocycles. The summed E-state index contributed by atoms with van der Waals surface area (Å²) < 4.78 is 11.3. The number of aliphatic imine (C=N–C) groups is 1. The van der Waals surface area contributed by atoms with Gasteiger partial charge in [0.15, 0.2) is 5.82 Å². The van der Waals surface area contributed by atoms with E-state index in [4.69, 9.17) is 9.26 Å². The van der Waals surface area contributed by atoms with Crippen LogP contribution in [0.3, 0.4) is 0 Å². The second-order valence-corrected chi connectivity index (χ2v) is 7.09. The Kier molecular flexibility index (Phi) is 4.62. The van der Waals surface area contributed by atoms with E-state index in [1.807, 2.05) is 25.1 Å². The molecule has 5 nitrogen and oxygen atoms in total. The van der Waals surface area contributed by atoms with Crippen LogP contribution in [0.5, 0.6) is 0 Å². The lowest BCUT2D eigenvalue weighted by Crippen LogP contribution is -1.99. The summed E-state index contributed by atoms with van der Waals surface area (Å²) in [5, 5.41) is 3.95. The number of para-hydroxylation sites is 1. The van der Waals surface area contributed by atoms with Gasteiger partial charge in [-0.1, -0.05) is 46.9 Å². The molecule has 3 rings (SSSR count). The van der Waals surface area contributed by atoms with Crippen molar-refractivity contribution in [2.45, 2.75) is 24.5 Å². The molecule has 0 aliphatic carbocycles. The third-order valence-electron chi connectivity index (χ3n) is 2.94. The number of nitrogens with zero attached hydrogens (tertiary/aromatic N) is 3. The average Bonchev–Trinajstić information content (AvgIpc) is 2.96. The second-order valence-electron chi connectivity index (χ2n) is 4.54. The van der Waals surface area contributed by atoms with E-state index in [0.29, 0.717) is 18.3 Å². The Morgan fingerprint density at radius 2 is 2.29 bits per heavy atom. The predicted molar refractivity (Wildman–Crippen MR) is 85.8 cm³/mol. The summed E-state index contributed by atoms with van der Waals surface area (Å²) >= 11 is 3.39. The van der Waals surface area contributed by atoms with E-state index in [-0.39, 0.29) is 5.25 Å². The Morgan fingerprint density at radius 3 is 3.14 bits per heavy atom. The van der Waals surface area contributed by atoms with E-state index in [2.05, 4.69) is 21.2 Å². The van der Waals surface area contributed by atoms with Gasteiger partial charge in [-0.3, -0.25) is 0 Å². The fourth-order valence-electron chi connectivity index (χ4n) is 1.89. The maximum absolute atomic E-state index is 5.26. The lowest BCUT2D eigenvalue weighted by molar-refractivity contribution is 0.174. The minimum Gasteiger partial charge on any atom is -0.377 e. The van der Waals surface area contributed by atoms with Gasteiger partial charge in [-0.25, -0.2) is 4.99 Å². The molecule has 1 aromatic heterocycles. The van der Waals surface area contributed by atoms with Gasteiger partial charge in [0.2, 0.25) is 5.89 Å². The summed E-state index contributed by atoms with van der Waals surface area (Å²) in [5.41, 5.74) is 2.33. The third-order valence-corrected chi connectivity index (χ3v) is 5.22. The van der Waals surface area contributed by atoms with Crippen LogP contribution in [-0.2, 0) is 17.1 Å². The molecule has 0 saturated heterocycles. The number of rotatable bonds is 4. The molecule has 0 bridgehead atoms. The van der Waals surface area contributed by atoms with E-state index < -0.39 is 0 Å². The van der Waals surface area contributed by atoms with Crippen LogP contribution in [0.25, 0.3) is 0 Å². The van der Waals surface area contributed by atoms with E-state index in [0.717, 1.165) is 15.8 Å². The Hall–Kier alpha value is -1.31. The normalized spacial score (nSPS) is 15.4. The van der Waals surface area contributed by atoms with Crippen LogP contribution >= 0.6 is 23.5 Å². The number of aromatic nitrogens is 2. The van der Waals surface area contributed by atoms with E-state index in [1.54, 1.807) is 30.6 Å². The SMILES string of the molecule is COCc1noc(C(C)SC2=Nc3ccccc3CS2)n1. The van der Waals surface area contributed by atoms with Crippen LogP contribution in [0.15, 0.2) is 33.8 Å². The van der Waals surface area contributed by atoms with Crippen molar-refractivity contribution in [3.05, 3.63) is 41.5 Å². The number of hydrogen-bond donors (Lipinski definition) is 0. The fraction of sp³-hybridized carbons (Fsp3) is 0.357. The Balaban J connectivity index is 1.70. The monoisotopic (exact) mass is 321 g/mol. The van der Waals surface area contributed by atoms with Crippen LogP contribution in [0.4, 0.5) is 5.69 Å². The van der Waals surface area contributed by atoms with Crippen LogP contribution in [0, 0.1) is 0 Å². The summed E-state index contributed by atoms with van der Waals surface area (Å²) in [5.74, 6) is 2.13. The molecule has 0 saturated carbocycles. The Labute approximate surface area is 131 Å². The van der Waals surface area contributed by atoms with Gasteiger partial charge in [-0.15, -0.1) is 0 Å². The van der Waals surface area contributed by atoms with Crippen molar-refractivity contribution in [1.29, 1.82) is 0 Å². The molecular formula is C14H15N3O2S2. The zero-order valence-electron chi connectivity index (χ0n) is 11.8. The van der Waals surface area contributed by atoms with Crippen molar-refractivity contribution in [3.8, 4) is 0 Å². The summed E-state index contributed by atoms with van der Waals surface area (Å²) in [6.45, 7) is 2.41. The number of methoxy groups -OCH3 is 1. The first-order valence-electron chi connectivity index (χ1n) is 6.53. The Bertz CT molecular complexity index is 657. The van der Waals surface area contributed by atoms with Gasteiger partial charge in [0.25, 0.3) is 0 Å². The zero-order chi connectivity index (χ0) is 14.7. The molecule has 2 aromatic rings. The number of benzene rings is 1. The molecule has 1 aliphatic rings. The van der Waals surface area contributed by atoms with Gasteiger partial charge in [0.1, 0.15) is 11.0 Å². The first kappa shape index (κ1) is 14.6. The van der Waals surface area contributed by atoms with Gasteiger partial charge in [0, 0.05) is 12.9 Å². The topological polar surface area (TPSA) is 60.5 Å². The zero-order valence-corrected chi connectivity index (χ0v) is 13.4. The highest BCUT2D eigenvalue weighted by molar-refractivity contribution is 8.38. The molecule has 0 radical (unpaired) electrons. The number of thioether (sulfide) groups is 2. The van der Waals surface area contributed by atoms with Crippen LogP contribution < -0.4 is 0 Å². The molecule has 110 valence electrons. The third kappa shape index (κ3) is 3.48. The Morgan fingerprint density at radius 1 is 1.43 bits per heavy atom. The predicted octanol–water partition coefficient (Wildman–Crippen LogP) is 3.94. The molecule has 2 heterocycles. The van der Waals surface area contributed by atoms with E-state index in [9.17, 15) is 0 Å². The quantitative estimate of drug-likeness (QED) is 0.850. The highest BCUT2D eigenvalue weighted by Crippen LogP contribution is 2.39. The highest BCUT2D eigenvalue weighted by atomic mass is 32.2. The molecular weight excluding hydrogens is 306 g/mol. The second kappa shape index (κ2) is 6.64. The first-order chi connectivity index (χ1) is 10.3. The summed E-state index contributed by atoms with van der Waals surface area (Å²) in [7, 11) is 1.61. The largest absolute Gasteiger partial charge is 0.377 e. The minimum atomic E-state index is 0.0691. The highest BCUT2D eigenvalue weighted by Gasteiger charge is 2.20. The molecule has 21 heavy (non-hydrogen) atoms. The average molecular weight is 321 g/mol. The van der Waals surface area contributed by atoms with Crippen molar-refractivity contribution in [1.82, 2.24) is 10.1 Å². The molecule has 0 N–H and O–H groups in total. The van der Waals surface area contributed by atoms with Gasteiger partial charge in [-0.05, 0) is 18.6 Å².